The summed E-state index contributed by atoms with van der Waals surface area (Å²) in [5.74, 6) is -0.130. The van der Waals surface area contributed by atoms with Gasteiger partial charge in [0.1, 0.15) is 11.6 Å². The summed E-state index contributed by atoms with van der Waals surface area (Å²) >= 11 is 0. The third-order valence-corrected chi connectivity index (χ3v) is 3.40. The second-order valence-corrected chi connectivity index (χ2v) is 5.29. The maximum atomic E-state index is 13.6. The molecule has 1 aliphatic rings. The van der Waals surface area contributed by atoms with E-state index in [9.17, 15) is 9.18 Å². The van der Waals surface area contributed by atoms with Gasteiger partial charge in [-0.05, 0) is 42.8 Å². The van der Waals surface area contributed by atoms with E-state index in [1.54, 1.807) is 6.08 Å². The molecule has 118 valence electrons. The highest BCUT2D eigenvalue weighted by atomic mass is 19.1. The normalized spacial score (nSPS) is 13.5. The first-order valence-corrected chi connectivity index (χ1v) is 7.20. The van der Waals surface area contributed by atoms with Crippen LogP contribution in [0, 0.1) is 12.7 Å². The van der Waals surface area contributed by atoms with Gasteiger partial charge in [0.25, 0.3) is 0 Å². The Balaban J connectivity index is 1.77. The van der Waals surface area contributed by atoms with E-state index in [2.05, 4.69) is 5.32 Å². The Morgan fingerprint density at radius 2 is 2.17 bits per heavy atom. The number of carbonyl (C=O) groups excluding carboxylic acids is 1. The van der Waals surface area contributed by atoms with Gasteiger partial charge in [-0.1, -0.05) is 12.1 Å². The fourth-order valence-corrected chi connectivity index (χ4v) is 2.40. The number of nitrogens with one attached hydrogen (secondary N) is 1. The molecule has 0 saturated carbocycles. The van der Waals surface area contributed by atoms with Crippen LogP contribution in [0.15, 0.2) is 42.5 Å². The fraction of sp³-hybridized carbons (Fsp3) is 0.167. The topological polar surface area (TPSA) is 47.6 Å². The molecule has 2 aromatic rings. The molecular weight excluding hydrogens is 297 g/mol. The third kappa shape index (κ3) is 3.76. The molecule has 1 heterocycles. The number of benzene rings is 2. The zero-order valence-electron chi connectivity index (χ0n) is 12.6. The zero-order chi connectivity index (χ0) is 16.2. The molecule has 23 heavy (non-hydrogen) atoms. The van der Waals surface area contributed by atoms with Gasteiger partial charge in [0.05, 0.1) is 6.61 Å². The maximum Gasteiger partial charge on any atom is 0.248 e. The van der Waals surface area contributed by atoms with Crippen LogP contribution in [0.1, 0.15) is 16.7 Å². The first kappa shape index (κ1) is 15.2. The van der Waals surface area contributed by atoms with Gasteiger partial charge in [-0.3, -0.25) is 4.79 Å². The summed E-state index contributed by atoms with van der Waals surface area (Å²) in [6.07, 6.45) is 2.90. The summed E-state index contributed by atoms with van der Waals surface area (Å²) in [5, 5.41) is 2.76. The summed E-state index contributed by atoms with van der Waals surface area (Å²) in [6, 6.07) is 10.2. The Morgan fingerprint density at radius 1 is 1.30 bits per heavy atom. The predicted molar refractivity (Wildman–Crippen MR) is 85.5 cm³/mol. The SMILES string of the molecule is Cc1cccc(NC(=O)/C=C/c2cc(F)cc3c2OCOC3)c1. The molecule has 4 nitrogen and oxygen atoms in total. The Kier molecular flexibility index (Phi) is 4.39. The van der Waals surface area contributed by atoms with E-state index in [4.69, 9.17) is 9.47 Å². The molecule has 2 aromatic carbocycles. The van der Waals surface area contributed by atoms with Gasteiger partial charge in [-0.25, -0.2) is 4.39 Å². The molecule has 0 fully saturated rings. The van der Waals surface area contributed by atoms with Gasteiger partial charge in [0.15, 0.2) is 6.79 Å². The maximum absolute atomic E-state index is 13.6. The molecule has 0 unspecified atom stereocenters. The van der Waals surface area contributed by atoms with Crippen molar-refractivity contribution in [3.8, 4) is 5.75 Å². The molecule has 1 N–H and O–H groups in total. The van der Waals surface area contributed by atoms with Gasteiger partial charge < -0.3 is 14.8 Å². The summed E-state index contributed by atoms with van der Waals surface area (Å²) in [6.45, 7) is 2.36. The lowest BCUT2D eigenvalue weighted by Crippen LogP contribution is -2.13. The number of halogens is 1. The van der Waals surface area contributed by atoms with Gasteiger partial charge >= 0.3 is 0 Å². The van der Waals surface area contributed by atoms with Gasteiger partial charge in [0, 0.05) is 22.9 Å². The molecule has 0 spiro atoms. The minimum atomic E-state index is -0.392. The van der Waals surface area contributed by atoms with Crippen molar-refractivity contribution in [1.82, 2.24) is 0 Å². The van der Waals surface area contributed by atoms with Crippen LogP contribution in [0.3, 0.4) is 0 Å². The molecule has 0 atom stereocenters. The van der Waals surface area contributed by atoms with E-state index < -0.39 is 5.82 Å². The van der Waals surface area contributed by atoms with E-state index in [1.165, 1.54) is 18.2 Å². The summed E-state index contributed by atoms with van der Waals surface area (Å²) in [4.78, 5) is 12.0. The quantitative estimate of drug-likeness (QED) is 0.880. The second-order valence-electron chi connectivity index (χ2n) is 5.29. The summed E-state index contributed by atoms with van der Waals surface area (Å²) in [5.41, 5.74) is 2.92. The van der Waals surface area contributed by atoms with Crippen molar-refractivity contribution in [2.24, 2.45) is 0 Å². The van der Waals surface area contributed by atoms with Crippen molar-refractivity contribution in [2.75, 3.05) is 12.1 Å². The summed E-state index contributed by atoms with van der Waals surface area (Å²) in [7, 11) is 0. The number of hydrogen-bond acceptors (Lipinski definition) is 3. The lowest BCUT2D eigenvalue weighted by Gasteiger charge is -2.19. The van der Waals surface area contributed by atoms with Crippen LogP contribution in [-0.2, 0) is 16.1 Å². The molecule has 0 saturated heterocycles. The minimum absolute atomic E-state index is 0.120. The van der Waals surface area contributed by atoms with Crippen LogP contribution in [-0.4, -0.2) is 12.7 Å². The van der Waals surface area contributed by atoms with E-state index in [-0.39, 0.29) is 12.7 Å². The summed E-state index contributed by atoms with van der Waals surface area (Å²) < 4.78 is 24.2. The van der Waals surface area contributed by atoms with Crippen LogP contribution in [0.5, 0.6) is 5.75 Å². The van der Waals surface area contributed by atoms with Crippen LogP contribution in [0.2, 0.25) is 0 Å². The van der Waals surface area contributed by atoms with Crippen LogP contribution < -0.4 is 10.1 Å². The monoisotopic (exact) mass is 313 g/mol. The van der Waals surface area contributed by atoms with E-state index in [0.717, 1.165) is 5.56 Å². The largest absolute Gasteiger partial charge is 0.467 e. The lowest BCUT2D eigenvalue weighted by molar-refractivity contribution is -0.111. The molecule has 0 radical (unpaired) electrons. The number of hydrogen-bond donors (Lipinski definition) is 1. The van der Waals surface area contributed by atoms with Gasteiger partial charge in [0.2, 0.25) is 5.91 Å². The number of rotatable bonds is 3. The number of aryl methyl sites for hydroxylation is 1. The molecule has 5 heteroatoms. The predicted octanol–water partition coefficient (Wildman–Crippen LogP) is 3.65. The van der Waals surface area contributed by atoms with Crippen molar-refractivity contribution < 1.29 is 18.7 Å². The van der Waals surface area contributed by atoms with Crippen molar-refractivity contribution in [2.45, 2.75) is 13.5 Å². The molecule has 0 aliphatic carbocycles. The second kappa shape index (κ2) is 6.62. The van der Waals surface area contributed by atoms with E-state index >= 15 is 0 Å². The van der Waals surface area contributed by atoms with Crippen molar-refractivity contribution >= 4 is 17.7 Å². The Labute approximate surface area is 133 Å². The van der Waals surface area contributed by atoms with Crippen LogP contribution in [0.4, 0.5) is 10.1 Å². The average molecular weight is 313 g/mol. The fourth-order valence-electron chi connectivity index (χ4n) is 2.40. The van der Waals surface area contributed by atoms with Crippen molar-refractivity contribution in [3.05, 3.63) is 65.0 Å². The number of fused-ring (bicyclic) bond motifs is 1. The third-order valence-electron chi connectivity index (χ3n) is 3.40. The lowest BCUT2D eigenvalue weighted by atomic mass is 10.1. The minimum Gasteiger partial charge on any atom is -0.467 e. The molecule has 1 aliphatic heterocycles. The first-order chi connectivity index (χ1) is 11.1. The van der Waals surface area contributed by atoms with Crippen LogP contribution in [0.25, 0.3) is 6.08 Å². The number of carbonyl (C=O) groups is 1. The molecule has 3 rings (SSSR count). The van der Waals surface area contributed by atoms with E-state index in [1.807, 2.05) is 31.2 Å². The number of ether oxygens (including phenoxy) is 2. The first-order valence-electron chi connectivity index (χ1n) is 7.20. The standard InChI is InChI=1S/C18H16FNO3/c1-12-3-2-4-16(7-12)20-17(21)6-5-13-8-15(19)9-14-10-22-11-23-18(13)14/h2-9H,10-11H2,1H3,(H,20,21)/b6-5+. The molecular formula is C18H16FNO3. The smallest absolute Gasteiger partial charge is 0.248 e. The average Bonchev–Trinajstić information content (AvgIpc) is 2.52. The van der Waals surface area contributed by atoms with Crippen molar-refractivity contribution in [3.63, 3.8) is 0 Å². The van der Waals surface area contributed by atoms with Gasteiger partial charge in [-0.2, -0.15) is 0 Å². The Bertz CT molecular complexity index is 771. The zero-order valence-corrected chi connectivity index (χ0v) is 12.6. The Hall–Kier alpha value is -2.66. The highest BCUT2D eigenvalue weighted by molar-refractivity contribution is 6.02. The highest BCUT2D eigenvalue weighted by Gasteiger charge is 2.15. The molecule has 0 aromatic heterocycles. The van der Waals surface area contributed by atoms with Crippen molar-refractivity contribution in [1.29, 1.82) is 0 Å². The molecule has 0 bridgehead atoms. The van der Waals surface area contributed by atoms with E-state index in [0.29, 0.717) is 29.2 Å². The molecule has 1 amide bonds. The highest BCUT2D eigenvalue weighted by Crippen LogP contribution is 2.30. The van der Waals surface area contributed by atoms with Gasteiger partial charge in [-0.15, -0.1) is 0 Å². The Morgan fingerprint density at radius 3 is 3.00 bits per heavy atom. The van der Waals surface area contributed by atoms with Crippen LogP contribution >= 0.6 is 0 Å². The number of anilines is 1. The number of amides is 1.